The van der Waals surface area contributed by atoms with Crippen molar-refractivity contribution < 1.29 is 4.79 Å². The van der Waals surface area contributed by atoms with Crippen molar-refractivity contribution in [3.05, 3.63) is 51.7 Å². The zero-order chi connectivity index (χ0) is 20.1. The topological polar surface area (TPSA) is 94.6 Å². The fourth-order valence-corrected chi connectivity index (χ4v) is 3.63. The van der Waals surface area contributed by atoms with Crippen LogP contribution in [0.15, 0.2) is 40.7 Å². The second-order valence-corrected chi connectivity index (χ2v) is 8.04. The third-order valence-corrected chi connectivity index (χ3v) is 5.86. The van der Waals surface area contributed by atoms with Gasteiger partial charge in [0.1, 0.15) is 0 Å². The number of aliphatic imine (C=N–C) groups is 1. The zero-order valence-corrected chi connectivity index (χ0v) is 17.2. The van der Waals surface area contributed by atoms with Gasteiger partial charge in [-0.25, -0.2) is 0 Å². The summed E-state index contributed by atoms with van der Waals surface area (Å²) in [6.45, 7) is 0.930. The maximum Gasteiger partial charge on any atom is 0.229 e. The molecular weight excluding hydrogens is 370 g/mol. The van der Waals surface area contributed by atoms with Gasteiger partial charge in [-0.1, -0.05) is 18.2 Å². The minimum Gasteiger partial charge on any atom is -0.384 e. The van der Waals surface area contributed by atoms with E-state index in [1.165, 1.54) is 17.7 Å². The molecule has 1 aromatic heterocycles. The van der Waals surface area contributed by atoms with Crippen LogP contribution in [0, 0.1) is 11.3 Å². The van der Waals surface area contributed by atoms with Crippen molar-refractivity contribution in [2.24, 2.45) is 16.6 Å². The number of aryl methyl sites for hydroxylation is 1. The minimum absolute atomic E-state index is 0.0639. The Labute approximate surface area is 170 Å². The lowest BCUT2D eigenvalue weighted by Crippen LogP contribution is -2.38. The molecule has 0 spiro atoms. The minimum atomic E-state index is -0.0639. The lowest BCUT2D eigenvalue weighted by molar-refractivity contribution is -0.126. The first-order chi connectivity index (χ1) is 13.5. The standard InChI is InChI=1S/C21H27N5OS/c1-24-21(23)26(2)19(27)10-8-14-7-9-16(20(22)18-4-3-11-28-18)17(12-14)25-13-15-5-6-15/h3-4,7,9,11-12,15,22,25H,5-6,8,10,13H2,1-2H3,(H2,23,24). The Morgan fingerprint density at radius 2 is 2.18 bits per heavy atom. The molecule has 1 saturated carbocycles. The molecule has 0 bridgehead atoms. The van der Waals surface area contributed by atoms with Gasteiger partial charge < -0.3 is 11.1 Å². The van der Waals surface area contributed by atoms with E-state index in [0.717, 1.165) is 34.2 Å². The average molecular weight is 398 g/mol. The van der Waals surface area contributed by atoms with Gasteiger partial charge in [-0.2, -0.15) is 0 Å². The molecule has 1 heterocycles. The zero-order valence-electron chi connectivity index (χ0n) is 16.4. The molecule has 0 aliphatic heterocycles. The maximum atomic E-state index is 12.3. The van der Waals surface area contributed by atoms with Gasteiger partial charge in [-0.15, -0.1) is 11.3 Å². The number of benzene rings is 1. The number of rotatable bonds is 8. The van der Waals surface area contributed by atoms with Crippen molar-refractivity contribution in [2.75, 3.05) is 26.0 Å². The highest BCUT2D eigenvalue weighted by Gasteiger charge is 2.22. The molecule has 1 aliphatic rings. The fraction of sp³-hybridized carbons (Fsp3) is 0.381. The number of carbonyl (C=O) groups is 1. The van der Waals surface area contributed by atoms with Crippen LogP contribution in [-0.4, -0.2) is 43.1 Å². The molecule has 0 radical (unpaired) electrons. The van der Waals surface area contributed by atoms with Crippen LogP contribution in [0.3, 0.4) is 0 Å². The molecule has 3 rings (SSSR count). The molecule has 0 saturated heterocycles. The van der Waals surface area contributed by atoms with E-state index < -0.39 is 0 Å². The molecule has 0 unspecified atom stereocenters. The highest BCUT2D eigenvalue weighted by atomic mass is 32.1. The fourth-order valence-electron chi connectivity index (χ4n) is 2.94. The SMILES string of the molecule is CN=C(N)N(C)C(=O)CCc1ccc(C(=N)c2cccs2)c(NCC2CC2)c1. The Morgan fingerprint density at radius 1 is 1.39 bits per heavy atom. The smallest absolute Gasteiger partial charge is 0.229 e. The summed E-state index contributed by atoms with van der Waals surface area (Å²) in [5.74, 6) is 0.890. The summed E-state index contributed by atoms with van der Waals surface area (Å²) in [6.07, 6.45) is 3.51. The van der Waals surface area contributed by atoms with E-state index in [0.29, 0.717) is 18.6 Å². The summed E-state index contributed by atoms with van der Waals surface area (Å²) in [4.78, 5) is 18.5. The molecule has 6 nitrogen and oxygen atoms in total. The van der Waals surface area contributed by atoms with Gasteiger partial charge >= 0.3 is 0 Å². The molecule has 28 heavy (non-hydrogen) atoms. The summed E-state index contributed by atoms with van der Waals surface area (Å²) < 4.78 is 0. The quantitative estimate of drug-likeness (QED) is 0.471. The van der Waals surface area contributed by atoms with Crippen LogP contribution in [0.1, 0.15) is 35.3 Å². The number of nitrogens with two attached hydrogens (primary N) is 1. The number of hydrogen-bond acceptors (Lipinski definition) is 5. The number of guanidine groups is 1. The first kappa shape index (κ1) is 20.1. The van der Waals surface area contributed by atoms with Crippen LogP contribution >= 0.6 is 11.3 Å². The molecule has 1 aromatic carbocycles. The van der Waals surface area contributed by atoms with E-state index in [9.17, 15) is 4.79 Å². The van der Waals surface area contributed by atoms with Gasteiger partial charge in [0.2, 0.25) is 5.91 Å². The van der Waals surface area contributed by atoms with Crippen molar-refractivity contribution >= 4 is 34.6 Å². The largest absolute Gasteiger partial charge is 0.384 e. The predicted octanol–water partition coefficient (Wildman–Crippen LogP) is 3.32. The first-order valence-electron chi connectivity index (χ1n) is 9.48. The molecule has 148 valence electrons. The van der Waals surface area contributed by atoms with Crippen molar-refractivity contribution in [3.63, 3.8) is 0 Å². The van der Waals surface area contributed by atoms with E-state index in [1.807, 2.05) is 29.6 Å². The third-order valence-electron chi connectivity index (χ3n) is 4.97. The first-order valence-corrected chi connectivity index (χ1v) is 10.4. The molecule has 0 atom stereocenters. The average Bonchev–Trinajstić information content (AvgIpc) is 3.39. The summed E-state index contributed by atoms with van der Waals surface area (Å²) in [6, 6.07) is 10.0. The van der Waals surface area contributed by atoms with Crippen LogP contribution in [0.5, 0.6) is 0 Å². The van der Waals surface area contributed by atoms with Gasteiger partial charge in [0, 0.05) is 38.3 Å². The summed E-state index contributed by atoms with van der Waals surface area (Å²) in [7, 11) is 3.21. The number of nitrogens with one attached hydrogen (secondary N) is 2. The number of amides is 1. The number of carbonyl (C=O) groups excluding carboxylic acids is 1. The normalized spacial score (nSPS) is 14.0. The molecule has 7 heteroatoms. The van der Waals surface area contributed by atoms with Gasteiger partial charge in [0.05, 0.1) is 10.6 Å². The van der Waals surface area contributed by atoms with Crippen molar-refractivity contribution in [2.45, 2.75) is 25.7 Å². The third kappa shape index (κ3) is 4.98. The Kier molecular flexibility index (Phi) is 6.46. The number of thiophene rings is 1. The van der Waals surface area contributed by atoms with Crippen molar-refractivity contribution in [1.29, 1.82) is 5.41 Å². The molecular formula is C21H27N5OS. The monoisotopic (exact) mass is 397 g/mol. The van der Waals surface area contributed by atoms with E-state index in [1.54, 1.807) is 25.4 Å². The van der Waals surface area contributed by atoms with Crippen LogP contribution in [0.25, 0.3) is 0 Å². The lowest BCUT2D eigenvalue weighted by atomic mass is 10.0. The number of anilines is 1. The van der Waals surface area contributed by atoms with Crippen molar-refractivity contribution in [1.82, 2.24) is 4.90 Å². The molecule has 1 fully saturated rings. The van der Waals surface area contributed by atoms with Crippen LogP contribution < -0.4 is 11.1 Å². The Morgan fingerprint density at radius 3 is 2.82 bits per heavy atom. The summed E-state index contributed by atoms with van der Waals surface area (Å²) in [5, 5.41) is 14.1. The number of nitrogens with zero attached hydrogens (tertiary/aromatic N) is 2. The van der Waals surface area contributed by atoms with Gasteiger partial charge in [0.15, 0.2) is 5.96 Å². The van der Waals surface area contributed by atoms with Crippen LogP contribution in [-0.2, 0) is 11.2 Å². The van der Waals surface area contributed by atoms with Gasteiger partial charge in [-0.3, -0.25) is 20.1 Å². The van der Waals surface area contributed by atoms with E-state index in [-0.39, 0.29) is 11.9 Å². The number of hydrogen-bond donors (Lipinski definition) is 3. The van der Waals surface area contributed by atoms with Crippen LogP contribution in [0.4, 0.5) is 5.69 Å². The highest BCUT2D eigenvalue weighted by Crippen LogP contribution is 2.30. The maximum absolute atomic E-state index is 12.3. The van der Waals surface area contributed by atoms with Crippen molar-refractivity contribution in [3.8, 4) is 0 Å². The van der Waals surface area contributed by atoms with E-state index in [4.69, 9.17) is 11.1 Å². The Bertz CT molecular complexity index is 871. The van der Waals surface area contributed by atoms with Gasteiger partial charge in [0.25, 0.3) is 0 Å². The van der Waals surface area contributed by atoms with Crippen LogP contribution in [0.2, 0.25) is 0 Å². The molecule has 1 aliphatic carbocycles. The molecule has 4 N–H and O–H groups in total. The molecule has 1 amide bonds. The molecule has 2 aromatic rings. The Hall–Kier alpha value is -2.67. The Balaban J connectivity index is 1.74. The summed E-state index contributed by atoms with van der Waals surface area (Å²) >= 11 is 1.57. The van der Waals surface area contributed by atoms with E-state index >= 15 is 0 Å². The second kappa shape index (κ2) is 9.01. The van der Waals surface area contributed by atoms with E-state index in [2.05, 4.69) is 16.4 Å². The second-order valence-electron chi connectivity index (χ2n) is 7.09. The predicted molar refractivity (Wildman–Crippen MR) is 117 cm³/mol. The lowest BCUT2D eigenvalue weighted by Gasteiger charge is -2.17. The highest BCUT2D eigenvalue weighted by molar-refractivity contribution is 7.12. The van der Waals surface area contributed by atoms with Gasteiger partial charge in [-0.05, 0) is 48.3 Å². The summed E-state index contributed by atoms with van der Waals surface area (Å²) in [5.41, 5.74) is 9.17.